The minimum Gasteiger partial charge on any atom is -0.494 e. The first-order valence-corrected chi connectivity index (χ1v) is 8.90. The molecule has 1 aliphatic rings. The van der Waals surface area contributed by atoms with Crippen LogP contribution >= 0.6 is 12.4 Å². The van der Waals surface area contributed by atoms with Crippen LogP contribution in [0.5, 0.6) is 5.75 Å². The molecule has 2 aromatic rings. The summed E-state index contributed by atoms with van der Waals surface area (Å²) in [4.78, 5) is 0.180. The minimum atomic E-state index is -3.54. The Bertz CT molecular complexity index is 786. The standard InChI is InChI=1S/C15H20N4O3S.ClH/c1-22-15-5-3-2-4-14(15)19-11-13(10-17-19)23(20,21)18-8-6-12(16)7-9-18;/h2-5,10-12H,6-9,16H2,1H3;1H. The smallest absolute Gasteiger partial charge is 0.246 e. The van der Waals surface area contributed by atoms with Gasteiger partial charge in [-0.2, -0.15) is 9.40 Å². The molecule has 9 heteroatoms. The third kappa shape index (κ3) is 3.56. The van der Waals surface area contributed by atoms with Gasteiger partial charge >= 0.3 is 0 Å². The summed E-state index contributed by atoms with van der Waals surface area (Å²) in [5, 5.41) is 4.18. The number of rotatable bonds is 4. The van der Waals surface area contributed by atoms with Gasteiger partial charge < -0.3 is 10.5 Å². The minimum absolute atomic E-state index is 0. The zero-order chi connectivity index (χ0) is 16.4. The second kappa shape index (κ2) is 7.52. The van der Waals surface area contributed by atoms with Crippen molar-refractivity contribution in [3.05, 3.63) is 36.7 Å². The highest BCUT2D eigenvalue weighted by molar-refractivity contribution is 7.89. The molecule has 0 saturated carbocycles. The highest BCUT2D eigenvalue weighted by atomic mass is 35.5. The molecule has 2 N–H and O–H groups in total. The lowest BCUT2D eigenvalue weighted by Gasteiger charge is -2.28. The molecule has 1 fully saturated rings. The zero-order valence-electron chi connectivity index (χ0n) is 13.3. The summed E-state index contributed by atoms with van der Waals surface area (Å²) in [6.45, 7) is 0.896. The summed E-state index contributed by atoms with van der Waals surface area (Å²) in [5.74, 6) is 0.628. The molecule has 1 aromatic heterocycles. The van der Waals surface area contributed by atoms with E-state index in [2.05, 4.69) is 5.10 Å². The molecule has 132 valence electrons. The van der Waals surface area contributed by atoms with E-state index in [9.17, 15) is 8.42 Å². The lowest BCUT2D eigenvalue weighted by atomic mass is 10.1. The Hall–Kier alpha value is -1.61. The van der Waals surface area contributed by atoms with Gasteiger partial charge in [0.2, 0.25) is 10.0 Å². The Labute approximate surface area is 147 Å². The normalized spacial score (nSPS) is 16.6. The number of aromatic nitrogens is 2. The van der Waals surface area contributed by atoms with Gasteiger partial charge in [-0.3, -0.25) is 0 Å². The Morgan fingerprint density at radius 3 is 2.58 bits per heavy atom. The van der Waals surface area contributed by atoms with E-state index in [1.165, 1.54) is 21.4 Å². The van der Waals surface area contributed by atoms with E-state index in [4.69, 9.17) is 10.5 Å². The van der Waals surface area contributed by atoms with Crippen molar-refractivity contribution in [1.29, 1.82) is 0 Å². The molecule has 2 heterocycles. The van der Waals surface area contributed by atoms with Crippen molar-refractivity contribution in [1.82, 2.24) is 14.1 Å². The van der Waals surface area contributed by atoms with Crippen molar-refractivity contribution < 1.29 is 13.2 Å². The number of methoxy groups -OCH3 is 1. The number of sulfonamides is 1. The van der Waals surface area contributed by atoms with Crippen molar-refractivity contribution in [2.75, 3.05) is 20.2 Å². The molecule has 24 heavy (non-hydrogen) atoms. The molecule has 0 amide bonds. The summed E-state index contributed by atoms with van der Waals surface area (Å²) in [7, 11) is -1.97. The largest absolute Gasteiger partial charge is 0.494 e. The highest BCUT2D eigenvalue weighted by Gasteiger charge is 2.29. The first-order chi connectivity index (χ1) is 11.0. The van der Waals surface area contributed by atoms with Crippen LogP contribution in [0.2, 0.25) is 0 Å². The molecule has 1 saturated heterocycles. The average Bonchev–Trinajstić information content (AvgIpc) is 3.06. The lowest BCUT2D eigenvalue weighted by Crippen LogP contribution is -2.42. The van der Waals surface area contributed by atoms with Gasteiger partial charge in [0.1, 0.15) is 16.3 Å². The van der Waals surface area contributed by atoms with Crippen LogP contribution in [-0.2, 0) is 10.0 Å². The molecular formula is C15H21ClN4O3S. The van der Waals surface area contributed by atoms with Gasteiger partial charge in [-0.1, -0.05) is 12.1 Å². The number of nitrogens with two attached hydrogens (primary N) is 1. The number of benzene rings is 1. The molecule has 1 aromatic carbocycles. The van der Waals surface area contributed by atoms with Crippen LogP contribution in [0.3, 0.4) is 0 Å². The Morgan fingerprint density at radius 2 is 1.92 bits per heavy atom. The van der Waals surface area contributed by atoms with E-state index in [0.717, 1.165) is 0 Å². The van der Waals surface area contributed by atoms with Crippen LogP contribution in [0.25, 0.3) is 5.69 Å². The van der Waals surface area contributed by atoms with Gasteiger partial charge in [-0.25, -0.2) is 13.1 Å². The van der Waals surface area contributed by atoms with Gasteiger partial charge in [0.05, 0.1) is 19.5 Å². The zero-order valence-corrected chi connectivity index (χ0v) is 15.0. The SMILES string of the molecule is COc1ccccc1-n1cc(S(=O)(=O)N2CCC(N)CC2)cn1.Cl. The van der Waals surface area contributed by atoms with Gasteiger partial charge in [-0.15, -0.1) is 12.4 Å². The van der Waals surface area contributed by atoms with E-state index in [0.29, 0.717) is 37.4 Å². The van der Waals surface area contributed by atoms with E-state index in [1.54, 1.807) is 13.2 Å². The number of nitrogens with zero attached hydrogens (tertiary/aromatic N) is 3. The predicted molar refractivity (Wildman–Crippen MR) is 93.3 cm³/mol. The van der Waals surface area contributed by atoms with Crippen molar-refractivity contribution >= 4 is 22.4 Å². The van der Waals surface area contributed by atoms with Gasteiger partial charge in [-0.05, 0) is 25.0 Å². The quantitative estimate of drug-likeness (QED) is 0.876. The molecular weight excluding hydrogens is 352 g/mol. The summed E-state index contributed by atoms with van der Waals surface area (Å²) in [6, 6.07) is 7.40. The van der Waals surface area contributed by atoms with Gasteiger partial charge in [0.25, 0.3) is 0 Å². The first kappa shape index (κ1) is 18.7. The monoisotopic (exact) mass is 372 g/mol. The van der Waals surface area contributed by atoms with Crippen molar-refractivity contribution in [2.45, 2.75) is 23.8 Å². The lowest BCUT2D eigenvalue weighted by molar-refractivity contribution is 0.320. The number of halogens is 1. The molecule has 0 radical (unpaired) electrons. The Morgan fingerprint density at radius 1 is 1.25 bits per heavy atom. The Kier molecular flexibility index (Phi) is 5.87. The third-order valence-electron chi connectivity index (χ3n) is 4.03. The number of ether oxygens (including phenoxy) is 1. The summed E-state index contributed by atoms with van der Waals surface area (Å²) in [5.41, 5.74) is 6.53. The van der Waals surface area contributed by atoms with E-state index in [1.807, 2.05) is 18.2 Å². The van der Waals surface area contributed by atoms with Crippen LogP contribution in [0.4, 0.5) is 0 Å². The predicted octanol–water partition coefficient (Wildman–Crippen LogP) is 1.41. The fraction of sp³-hybridized carbons (Fsp3) is 0.400. The number of piperidine rings is 1. The average molecular weight is 373 g/mol. The van der Waals surface area contributed by atoms with Crippen molar-refractivity contribution in [3.8, 4) is 11.4 Å². The molecule has 0 atom stereocenters. The second-order valence-corrected chi connectivity index (χ2v) is 7.47. The highest BCUT2D eigenvalue weighted by Crippen LogP contribution is 2.24. The molecule has 0 spiro atoms. The van der Waals surface area contributed by atoms with Crippen LogP contribution in [0.1, 0.15) is 12.8 Å². The first-order valence-electron chi connectivity index (χ1n) is 7.46. The fourth-order valence-electron chi connectivity index (χ4n) is 2.66. The summed E-state index contributed by atoms with van der Waals surface area (Å²) in [6.07, 6.45) is 4.25. The third-order valence-corrected chi connectivity index (χ3v) is 5.88. The van der Waals surface area contributed by atoms with Crippen LogP contribution < -0.4 is 10.5 Å². The summed E-state index contributed by atoms with van der Waals surface area (Å²) < 4.78 is 33.7. The maximum absolute atomic E-state index is 12.7. The molecule has 0 aliphatic carbocycles. The molecule has 0 bridgehead atoms. The van der Waals surface area contributed by atoms with Crippen molar-refractivity contribution in [3.63, 3.8) is 0 Å². The molecule has 1 aliphatic heterocycles. The molecule has 3 rings (SSSR count). The van der Waals surface area contributed by atoms with E-state index in [-0.39, 0.29) is 23.3 Å². The van der Waals surface area contributed by atoms with Gasteiger partial charge in [0.15, 0.2) is 0 Å². The van der Waals surface area contributed by atoms with Crippen LogP contribution in [0.15, 0.2) is 41.6 Å². The number of hydrogen-bond acceptors (Lipinski definition) is 5. The summed E-state index contributed by atoms with van der Waals surface area (Å²) >= 11 is 0. The molecule has 7 nitrogen and oxygen atoms in total. The molecule has 0 unspecified atom stereocenters. The van der Waals surface area contributed by atoms with Crippen LogP contribution in [-0.4, -0.2) is 48.7 Å². The second-order valence-electron chi connectivity index (χ2n) is 5.53. The van der Waals surface area contributed by atoms with E-state index < -0.39 is 10.0 Å². The van der Waals surface area contributed by atoms with Crippen molar-refractivity contribution in [2.24, 2.45) is 5.73 Å². The van der Waals surface area contributed by atoms with E-state index >= 15 is 0 Å². The maximum atomic E-state index is 12.7. The maximum Gasteiger partial charge on any atom is 0.246 e. The number of hydrogen-bond donors (Lipinski definition) is 1. The number of para-hydroxylation sites is 2. The topological polar surface area (TPSA) is 90.5 Å². The van der Waals surface area contributed by atoms with Gasteiger partial charge in [0, 0.05) is 19.1 Å². The van der Waals surface area contributed by atoms with Crippen LogP contribution in [0, 0.1) is 0 Å². The fourth-order valence-corrected chi connectivity index (χ4v) is 4.06. The Balaban J connectivity index is 0.00000208.